The molecule has 0 aliphatic rings. The minimum Gasteiger partial charge on any atom is -0.463 e. The highest BCUT2D eigenvalue weighted by molar-refractivity contribution is 5.81. The Morgan fingerprint density at radius 2 is 1.12 bits per heavy atom. The number of rotatable bonds is 18. The molecule has 0 saturated heterocycles. The van der Waals surface area contributed by atoms with Gasteiger partial charge >= 0.3 is 5.97 Å². The fraction of sp³-hybridized carbons (Fsp3) is 0.864. The lowest BCUT2D eigenvalue weighted by Gasteiger charge is -2.03. The first-order valence-corrected chi connectivity index (χ1v) is 10.6. The van der Waals surface area contributed by atoms with E-state index in [-0.39, 0.29) is 5.97 Å². The average Bonchev–Trinajstić information content (AvgIpc) is 2.59. The van der Waals surface area contributed by atoms with Gasteiger partial charge in [-0.25, -0.2) is 4.79 Å². The van der Waals surface area contributed by atoms with Gasteiger partial charge in [0.05, 0.1) is 6.61 Å². The van der Waals surface area contributed by atoms with E-state index in [1.54, 1.807) is 6.08 Å². The van der Waals surface area contributed by atoms with Gasteiger partial charge in [-0.3, -0.25) is 0 Å². The Labute approximate surface area is 151 Å². The van der Waals surface area contributed by atoms with Gasteiger partial charge in [-0.2, -0.15) is 0 Å². The molecular formula is C22H42O2. The van der Waals surface area contributed by atoms with Crippen molar-refractivity contribution >= 4 is 5.97 Å². The van der Waals surface area contributed by atoms with Crippen molar-refractivity contribution in [3.63, 3.8) is 0 Å². The number of hydrogen-bond donors (Lipinski definition) is 0. The second-order valence-corrected chi connectivity index (χ2v) is 6.95. The van der Waals surface area contributed by atoms with Gasteiger partial charge in [0.1, 0.15) is 0 Å². The lowest BCUT2D eigenvalue weighted by atomic mass is 10.1. The minimum absolute atomic E-state index is 0.166. The highest BCUT2D eigenvalue weighted by atomic mass is 16.5. The Bertz CT molecular complexity index is 284. The van der Waals surface area contributed by atoms with Crippen molar-refractivity contribution in [2.45, 2.75) is 117 Å². The molecule has 0 saturated carbocycles. The van der Waals surface area contributed by atoms with Crippen LogP contribution in [0.1, 0.15) is 117 Å². The zero-order valence-electron chi connectivity index (χ0n) is 16.5. The first-order chi connectivity index (χ1) is 11.8. The predicted octanol–water partition coefficient (Wildman–Crippen LogP) is 7.37. The lowest BCUT2D eigenvalue weighted by Crippen LogP contribution is -2.02. The van der Waals surface area contributed by atoms with E-state index < -0.39 is 0 Å². The van der Waals surface area contributed by atoms with E-state index in [9.17, 15) is 4.79 Å². The summed E-state index contributed by atoms with van der Waals surface area (Å²) in [5.74, 6) is -0.166. The molecular weight excluding hydrogens is 296 g/mol. The van der Waals surface area contributed by atoms with Crippen molar-refractivity contribution in [2.75, 3.05) is 6.61 Å². The summed E-state index contributed by atoms with van der Waals surface area (Å²) in [6.07, 6.45) is 24.0. The number of allylic oxidation sites excluding steroid dienone is 1. The van der Waals surface area contributed by atoms with Crippen LogP contribution in [-0.4, -0.2) is 12.6 Å². The molecule has 24 heavy (non-hydrogen) atoms. The normalized spacial score (nSPS) is 11.2. The Morgan fingerprint density at radius 1 is 0.667 bits per heavy atom. The van der Waals surface area contributed by atoms with Gasteiger partial charge in [0.2, 0.25) is 0 Å². The molecule has 2 nitrogen and oxygen atoms in total. The molecule has 0 aliphatic heterocycles. The van der Waals surface area contributed by atoms with Crippen LogP contribution in [0.3, 0.4) is 0 Å². The van der Waals surface area contributed by atoms with Crippen LogP contribution in [0.4, 0.5) is 0 Å². The van der Waals surface area contributed by atoms with Crippen LogP contribution in [0.25, 0.3) is 0 Å². The zero-order chi connectivity index (χ0) is 17.7. The molecule has 2 heteroatoms. The first kappa shape index (κ1) is 23.2. The maximum absolute atomic E-state index is 11.5. The minimum atomic E-state index is -0.166. The smallest absolute Gasteiger partial charge is 0.330 e. The van der Waals surface area contributed by atoms with E-state index in [1.165, 1.54) is 89.9 Å². The third-order valence-corrected chi connectivity index (χ3v) is 4.47. The van der Waals surface area contributed by atoms with E-state index in [0.29, 0.717) is 6.61 Å². The Hall–Kier alpha value is -0.790. The summed E-state index contributed by atoms with van der Waals surface area (Å²) in [6.45, 7) is 5.07. The van der Waals surface area contributed by atoms with Crippen LogP contribution < -0.4 is 0 Å². The molecule has 0 fully saturated rings. The molecule has 0 bridgehead atoms. The largest absolute Gasteiger partial charge is 0.463 e. The fourth-order valence-electron chi connectivity index (χ4n) is 2.86. The number of carbonyl (C=O) groups is 1. The molecule has 0 N–H and O–H groups in total. The van der Waals surface area contributed by atoms with Gasteiger partial charge in [0, 0.05) is 6.08 Å². The Morgan fingerprint density at radius 3 is 1.67 bits per heavy atom. The maximum Gasteiger partial charge on any atom is 0.330 e. The molecule has 0 amide bonds. The van der Waals surface area contributed by atoms with Gasteiger partial charge in [-0.15, -0.1) is 0 Å². The molecule has 0 atom stereocenters. The molecule has 142 valence electrons. The first-order valence-electron chi connectivity index (χ1n) is 10.6. The van der Waals surface area contributed by atoms with E-state index in [4.69, 9.17) is 4.74 Å². The van der Waals surface area contributed by atoms with Crippen LogP contribution in [0.2, 0.25) is 0 Å². The number of unbranched alkanes of at least 4 members (excludes halogenated alkanes) is 14. The summed E-state index contributed by atoms with van der Waals surface area (Å²) in [6, 6.07) is 0. The van der Waals surface area contributed by atoms with Gasteiger partial charge < -0.3 is 4.74 Å². The molecule has 0 aromatic rings. The average molecular weight is 339 g/mol. The summed E-state index contributed by atoms with van der Waals surface area (Å²) in [5.41, 5.74) is 0. The topological polar surface area (TPSA) is 26.3 Å². The van der Waals surface area contributed by atoms with Crippen LogP contribution in [-0.2, 0) is 9.53 Å². The highest BCUT2D eigenvalue weighted by Crippen LogP contribution is 2.10. The molecule has 0 radical (unpaired) electrons. The lowest BCUT2D eigenvalue weighted by molar-refractivity contribution is -0.137. The number of esters is 1. The molecule has 0 spiro atoms. The standard InChI is InChI=1S/C22H42O2/c1-3-5-7-9-11-13-15-17-19-21-24-22(23)20-18-16-14-12-10-8-6-4-2/h18,20H,3-17,19,21H2,1-2H3. The number of hydrogen-bond acceptors (Lipinski definition) is 2. The van der Waals surface area contributed by atoms with E-state index in [2.05, 4.69) is 13.8 Å². The third kappa shape index (κ3) is 19.3. The van der Waals surface area contributed by atoms with Crippen LogP contribution >= 0.6 is 0 Å². The van der Waals surface area contributed by atoms with Crippen molar-refractivity contribution in [2.24, 2.45) is 0 Å². The summed E-state index contributed by atoms with van der Waals surface area (Å²) in [5, 5.41) is 0. The molecule has 0 unspecified atom stereocenters. The molecule has 0 aromatic heterocycles. The van der Waals surface area contributed by atoms with Crippen molar-refractivity contribution in [3.8, 4) is 0 Å². The third-order valence-electron chi connectivity index (χ3n) is 4.47. The second kappa shape index (κ2) is 20.3. The van der Waals surface area contributed by atoms with Gasteiger partial charge in [-0.1, -0.05) is 103 Å². The zero-order valence-corrected chi connectivity index (χ0v) is 16.5. The molecule has 0 heterocycles. The Balaban J connectivity index is 3.24. The number of carbonyl (C=O) groups excluding carboxylic acids is 1. The van der Waals surface area contributed by atoms with E-state index >= 15 is 0 Å². The molecule has 0 aliphatic carbocycles. The van der Waals surface area contributed by atoms with Crippen molar-refractivity contribution < 1.29 is 9.53 Å². The van der Waals surface area contributed by atoms with E-state index in [1.807, 2.05) is 6.08 Å². The fourth-order valence-corrected chi connectivity index (χ4v) is 2.86. The predicted molar refractivity (Wildman–Crippen MR) is 105 cm³/mol. The van der Waals surface area contributed by atoms with Crippen molar-refractivity contribution in [3.05, 3.63) is 12.2 Å². The van der Waals surface area contributed by atoms with Gasteiger partial charge in [0.25, 0.3) is 0 Å². The quantitative estimate of drug-likeness (QED) is 0.148. The monoisotopic (exact) mass is 338 g/mol. The summed E-state index contributed by atoms with van der Waals surface area (Å²) in [7, 11) is 0. The second-order valence-electron chi connectivity index (χ2n) is 6.95. The van der Waals surface area contributed by atoms with Crippen LogP contribution in [0.15, 0.2) is 12.2 Å². The van der Waals surface area contributed by atoms with Crippen LogP contribution in [0, 0.1) is 0 Å². The van der Waals surface area contributed by atoms with Crippen molar-refractivity contribution in [1.29, 1.82) is 0 Å². The summed E-state index contributed by atoms with van der Waals surface area (Å²) in [4.78, 5) is 11.5. The maximum atomic E-state index is 11.5. The highest BCUT2D eigenvalue weighted by Gasteiger charge is 1.97. The van der Waals surface area contributed by atoms with Crippen LogP contribution in [0.5, 0.6) is 0 Å². The summed E-state index contributed by atoms with van der Waals surface area (Å²) >= 11 is 0. The molecule has 0 aromatic carbocycles. The SMILES string of the molecule is CCCCCCCCC=CC(=O)OCCCCCCCCCCC. The van der Waals surface area contributed by atoms with Crippen molar-refractivity contribution in [1.82, 2.24) is 0 Å². The van der Waals surface area contributed by atoms with E-state index in [0.717, 1.165) is 12.8 Å². The molecule has 0 rings (SSSR count). The van der Waals surface area contributed by atoms with Gasteiger partial charge in [0.15, 0.2) is 0 Å². The van der Waals surface area contributed by atoms with Gasteiger partial charge in [-0.05, 0) is 19.3 Å². The summed E-state index contributed by atoms with van der Waals surface area (Å²) < 4.78 is 5.24. The Kier molecular flexibility index (Phi) is 19.6. The number of ether oxygens (including phenoxy) is 1.